The van der Waals surface area contributed by atoms with E-state index in [-0.39, 0.29) is 30.6 Å². The Labute approximate surface area is 105 Å². The summed E-state index contributed by atoms with van der Waals surface area (Å²) in [6, 6.07) is 0. The van der Waals surface area contributed by atoms with Gasteiger partial charge in [-0.05, 0) is 5.92 Å². The van der Waals surface area contributed by atoms with Crippen LogP contribution in [0.5, 0.6) is 0 Å². The number of rotatable bonds is 2. The van der Waals surface area contributed by atoms with Gasteiger partial charge in [0.25, 0.3) is 5.91 Å². The number of nitrogens with one attached hydrogen (secondary N) is 1. The summed E-state index contributed by atoms with van der Waals surface area (Å²) in [5.41, 5.74) is 7.09. The Morgan fingerprint density at radius 2 is 2.00 bits per heavy atom. The molecule has 100 valence electrons. The number of H-pyrrole nitrogens is 1. The number of likely N-dealkylation sites (tertiary alicyclic amines) is 1. The number of β-amino-alcohol motifs (C(OH)–C–C–N with tert-alkyl or cyclic N) is 2. The van der Waals surface area contributed by atoms with Crippen molar-refractivity contribution in [2.45, 2.75) is 32.0 Å². The van der Waals surface area contributed by atoms with Crippen LogP contribution in [0.3, 0.4) is 0 Å². The number of aromatic amines is 1. The van der Waals surface area contributed by atoms with E-state index >= 15 is 0 Å². The Hall–Kier alpha value is -1.60. The van der Waals surface area contributed by atoms with Gasteiger partial charge in [-0.2, -0.15) is 5.10 Å². The fraction of sp³-hybridized carbons (Fsp3) is 0.636. The lowest BCUT2D eigenvalue weighted by Crippen LogP contribution is -2.30. The second kappa shape index (κ2) is 4.58. The summed E-state index contributed by atoms with van der Waals surface area (Å²) in [6.45, 7) is 4.09. The molecule has 0 aromatic carbocycles. The largest absolute Gasteiger partial charge is 0.395 e. The average molecular weight is 254 g/mol. The quantitative estimate of drug-likeness (QED) is 0.556. The number of nitrogens with zero attached hydrogens (tertiary/aromatic N) is 2. The van der Waals surface area contributed by atoms with Gasteiger partial charge in [0, 0.05) is 13.1 Å². The van der Waals surface area contributed by atoms with Crippen molar-refractivity contribution in [1.29, 1.82) is 0 Å². The zero-order valence-electron chi connectivity index (χ0n) is 10.4. The predicted octanol–water partition coefficient (Wildman–Crippen LogP) is -0.707. The molecule has 2 rings (SSSR count). The van der Waals surface area contributed by atoms with E-state index in [1.54, 1.807) is 0 Å². The van der Waals surface area contributed by atoms with Crippen molar-refractivity contribution < 1.29 is 15.0 Å². The maximum atomic E-state index is 12.1. The van der Waals surface area contributed by atoms with E-state index < -0.39 is 12.2 Å². The molecule has 1 amide bonds. The molecule has 2 atom stereocenters. The van der Waals surface area contributed by atoms with Crippen LogP contribution in [0.1, 0.15) is 35.9 Å². The van der Waals surface area contributed by atoms with Crippen LogP contribution in [0.25, 0.3) is 0 Å². The van der Waals surface area contributed by atoms with Crippen LogP contribution in [0.15, 0.2) is 0 Å². The van der Waals surface area contributed by atoms with Crippen LogP contribution < -0.4 is 5.73 Å². The first-order valence-corrected chi connectivity index (χ1v) is 5.91. The number of anilines is 1. The van der Waals surface area contributed by atoms with Gasteiger partial charge in [0.05, 0.1) is 23.6 Å². The van der Waals surface area contributed by atoms with Crippen LogP contribution in [-0.2, 0) is 0 Å². The van der Waals surface area contributed by atoms with Crippen molar-refractivity contribution in [3.05, 3.63) is 11.4 Å². The SMILES string of the molecule is CC(C)c1[nH]nc(C(=O)N2C[C@@H](O)[C@@H](O)C2)c1N. The number of nitrogens with two attached hydrogens (primary N) is 1. The van der Waals surface area contributed by atoms with E-state index in [2.05, 4.69) is 10.2 Å². The molecule has 1 fully saturated rings. The molecule has 0 aliphatic carbocycles. The van der Waals surface area contributed by atoms with E-state index in [1.165, 1.54) is 4.90 Å². The fourth-order valence-electron chi connectivity index (χ4n) is 2.05. The lowest BCUT2D eigenvalue weighted by molar-refractivity contribution is 0.0572. The number of aliphatic hydroxyl groups excluding tert-OH is 2. The molecule has 2 heterocycles. The molecule has 7 nitrogen and oxygen atoms in total. The Bertz CT molecular complexity index is 447. The monoisotopic (exact) mass is 254 g/mol. The van der Waals surface area contributed by atoms with Crippen molar-refractivity contribution in [3.8, 4) is 0 Å². The van der Waals surface area contributed by atoms with Gasteiger partial charge >= 0.3 is 0 Å². The van der Waals surface area contributed by atoms with Crippen LogP contribution in [-0.4, -0.2) is 56.5 Å². The Morgan fingerprint density at radius 3 is 2.44 bits per heavy atom. The van der Waals surface area contributed by atoms with Gasteiger partial charge in [0.2, 0.25) is 0 Å². The summed E-state index contributed by atoms with van der Waals surface area (Å²) in [6.07, 6.45) is -1.81. The first-order chi connectivity index (χ1) is 8.41. The first kappa shape index (κ1) is 12.8. The molecule has 18 heavy (non-hydrogen) atoms. The minimum atomic E-state index is -0.904. The number of carbonyl (C=O) groups is 1. The molecule has 0 radical (unpaired) electrons. The normalized spacial score (nSPS) is 23.9. The first-order valence-electron chi connectivity index (χ1n) is 5.91. The van der Waals surface area contributed by atoms with Gasteiger partial charge in [-0.15, -0.1) is 0 Å². The summed E-state index contributed by atoms with van der Waals surface area (Å²) >= 11 is 0. The summed E-state index contributed by atoms with van der Waals surface area (Å²) in [4.78, 5) is 13.5. The minimum Gasteiger partial charge on any atom is -0.395 e. The molecule has 0 spiro atoms. The van der Waals surface area contributed by atoms with Crippen molar-refractivity contribution >= 4 is 11.6 Å². The lowest BCUT2D eigenvalue weighted by atomic mass is 10.1. The summed E-state index contributed by atoms with van der Waals surface area (Å²) < 4.78 is 0. The molecule has 1 saturated heterocycles. The molecule has 0 unspecified atom stereocenters. The van der Waals surface area contributed by atoms with Gasteiger partial charge in [-0.25, -0.2) is 0 Å². The highest BCUT2D eigenvalue weighted by Crippen LogP contribution is 2.24. The topological polar surface area (TPSA) is 115 Å². The zero-order chi connectivity index (χ0) is 13.4. The number of aromatic nitrogens is 2. The molecular weight excluding hydrogens is 236 g/mol. The summed E-state index contributed by atoms with van der Waals surface area (Å²) in [7, 11) is 0. The number of amides is 1. The lowest BCUT2D eigenvalue weighted by Gasteiger charge is -2.14. The zero-order valence-corrected chi connectivity index (χ0v) is 10.4. The highest BCUT2D eigenvalue weighted by Gasteiger charge is 2.34. The molecular formula is C11H18N4O3. The van der Waals surface area contributed by atoms with E-state index in [9.17, 15) is 15.0 Å². The predicted molar refractivity (Wildman–Crippen MR) is 65.0 cm³/mol. The molecule has 1 aliphatic heterocycles. The standard InChI is InChI=1S/C11H18N4O3/c1-5(2)9-8(12)10(14-13-9)11(18)15-3-6(16)7(17)4-15/h5-7,16-17H,3-4,12H2,1-2H3,(H,13,14)/t6-,7+. The van der Waals surface area contributed by atoms with Crippen LogP contribution >= 0.6 is 0 Å². The van der Waals surface area contributed by atoms with Crippen LogP contribution in [0, 0.1) is 0 Å². The number of nitrogen functional groups attached to an aromatic ring is 1. The maximum absolute atomic E-state index is 12.1. The van der Waals surface area contributed by atoms with E-state index in [4.69, 9.17) is 5.73 Å². The fourth-order valence-corrected chi connectivity index (χ4v) is 2.05. The van der Waals surface area contributed by atoms with Gasteiger partial charge in [-0.3, -0.25) is 9.89 Å². The number of hydrogen-bond donors (Lipinski definition) is 4. The van der Waals surface area contributed by atoms with Crippen molar-refractivity contribution in [3.63, 3.8) is 0 Å². The summed E-state index contributed by atoms with van der Waals surface area (Å²) in [5, 5.41) is 25.5. The molecule has 1 aromatic rings. The van der Waals surface area contributed by atoms with Crippen molar-refractivity contribution in [2.24, 2.45) is 0 Å². The van der Waals surface area contributed by atoms with Crippen molar-refractivity contribution in [2.75, 3.05) is 18.8 Å². The maximum Gasteiger partial charge on any atom is 0.276 e. The highest BCUT2D eigenvalue weighted by atomic mass is 16.3. The summed E-state index contributed by atoms with van der Waals surface area (Å²) in [5.74, 6) is -0.222. The van der Waals surface area contributed by atoms with Crippen molar-refractivity contribution in [1.82, 2.24) is 15.1 Å². The van der Waals surface area contributed by atoms with E-state index in [0.29, 0.717) is 5.69 Å². The molecule has 0 bridgehead atoms. The smallest absolute Gasteiger partial charge is 0.276 e. The second-order valence-corrected chi connectivity index (χ2v) is 4.90. The molecule has 0 saturated carbocycles. The minimum absolute atomic E-state index is 0.101. The van der Waals surface area contributed by atoms with Gasteiger partial charge < -0.3 is 20.8 Å². The van der Waals surface area contributed by atoms with Crippen LogP contribution in [0.4, 0.5) is 5.69 Å². The molecule has 5 N–H and O–H groups in total. The second-order valence-electron chi connectivity index (χ2n) is 4.90. The van der Waals surface area contributed by atoms with Crippen LogP contribution in [0.2, 0.25) is 0 Å². The van der Waals surface area contributed by atoms with E-state index in [1.807, 2.05) is 13.8 Å². The third-order valence-corrected chi connectivity index (χ3v) is 3.16. The van der Waals surface area contributed by atoms with Gasteiger partial charge in [0.15, 0.2) is 5.69 Å². The molecule has 1 aliphatic rings. The number of aliphatic hydroxyl groups is 2. The third kappa shape index (κ3) is 2.06. The number of hydrogen-bond acceptors (Lipinski definition) is 5. The highest BCUT2D eigenvalue weighted by molar-refractivity contribution is 5.98. The Balaban J connectivity index is 2.20. The molecule has 1 aromatic heterocycles. The third-order valence-electron chi connectivity index (χ3n) is 3.16. The Kier molecular flexibility index (Phi) is 3.27. The van der Waals surface area contributed by atoms with Gasteiger partial charge in [-0.1, -0.05) is 13.8 Å². The molecule has 7 heteroatoms. The van der Waals surface area contributed by atoms with E-state index in [0.717, 1.165) is 5.69 Å². The average Bonchev–Trinajstić information content (AvgIpc) is 2.82. The Morgan fingerprint density at radius 1 is 1.44 bits per heavy atom. The number of carbonyl (C=O) groups excluding carboxylic acids is 1. The van der Waals surface area contributed by atoms with Gasteiger partial charge in [0.1, 0.15) is 0 Å².